The molecule has 0 aliphatic carbocycles. The molecule has 1 aromatic carbocycles. The number of hydrogen-bond donors (Lipinski definition) is 2. The van der Waals surface area contributed by atoms with Crippen LogP contribution in [0.3, 0.4) is 0 Å². The van der Waals surface area contributed by atoms with Crippen LogP contribution in [0.1, 0.15) is 39.0 Å². The van der Waals surface area contributed by atoms with Crippen LogP contribution in [0, 0.1) is 11.8 Å². The lowest BCUT2D eigenvalue weighted by molar-refractivity contribution is -0.146. The second kappa shape index (κ2) is 7.50. The van der Waals surface area contributed by atoms with Gasteiger partial charge >= 0.3 is 5.97 Å². The van der Waals surface area contributed by atoms with Crippen molar-refractivity contribution >= 4 is 22.8 Å². The predicted molar refractivity (Wildman–Crippen MR) is 98.7 cm³/mol. The third-order valence-electron chi connectivity index (χ3n) is 5.19. The lowest BCUT2D eigenvalue weighted by Gasteiger charge is -2.38. The van der Waals surface area contributed by atoms with Gasteiger partial charge in [-0.3, -0.25) is 14.5 Å². The maximum atomic E-state index is 12.7. The van der Waals surface area contributed by atoms with Gasteiger partial charge in [0.15, 0.2) is 0 Å². The Balaban J connectivity index is 1.65. The summed E-state index contributed by atoms with van der Waals surface area (Å²) in [5, 5.41) is 13.3. The van der Waals surface area contributed by atoms with E-state index < -0.39 is 11.9 Å². The summed E-state index contributed by atoms with van der Waals surface area (Å²) in [5.41, 5.74) is 0.797. The third-order valence-corrected chi connectivity index (χ3v) is 5.19. The molecule has 1 amide bonds. The number of aliphatic carboxylic acids is 1. The first-order valence-electron chi connectivity index (χ1n) is 9.11. The lowest BCUT2D eigenvalue weighted by atomic mass is 9.89. The predicted octanol–water partition coefficient (Wildman–Crippen LogP) is 3.04. The van der Waals surface area contributed by atoms with E-state index in [4.69, 9.17) is 4.42 Å². The maximum Gasteiger partial charge on any atom is 0.307 e. The van der Waals surface area contributed by atoms with E-state index in [0.717, 1.165) is 17.5 Å². The molecule has 4 unspecified atom stereocenters. The van der Waals surface area contributed by atoms with Gasteiger partial charge in [0, 0.05) is 18.5 Å². The van der Waals surface area contributed by atoms with E-state index in [1.54, 1.807) is 0 Å². The van der Waals surface area contributed by atoms with E-state index in [0.29, 0.717) is 18.7 Å². The van der Waals surface area contributed by atoms with Crippen LogP contribution >= 0.6 is 0 Å². The van der Waals surface area contributed by atoms with Crippen LogP contribution < -0.4 is 5.32 Å². The van der Waals surface area contributed by atoms with Gasteiger partial charge in [-0.15, -0.1) is 0 Å². The molecule has 3 rings (SSSR count). The van der Waals surface area contributed by atoms with E-state index in [1.165, 1.54) is 0 Å². The minimum Gasteiger partial charge on any atom is -0.481 e. The standard InChI is InChI=1S/C20H26N2O4/c1-12-8-16(20(24)25)11-22(10-12)14(3)19(23)21-13(2)18-9-15-6-4-5-7-17(15)26-18/h4-7,9,12-14,16H,8,10-11H2,1-3H3,(H,21,23)(H,24,25). The molecular weight excluding hydrogens is 332 g/mol. The summed E-state index contributed by atoms with van der Waals surface area (Å²) in [6.45, 7) is 6.90. The Morgan fingerprint density at radius 1 is 1.27 bits per heavy atom. The summed E-state index contributed by atoms with van der Waals surface area (Å²) in [6, 6.07) is 9.04. The number of piperidine rings is 1. The summed E-state index contributed by atoms with van der Waals surface area (Å²) < 4.78 is 5.82. The number of para-hydroxylation sites is 1. The molecule has 1 saturated heterocycles. The number of fused-ring (bicyclic) bond motifs is 1. The molecule has 0 saturated carbocycles. The topological polar surface area (TPSA) is 82.8 Å². The molecule has 6 nitrogen and oxygen atoms in total. The number of rotatable bonds is 5. The first-order valence-corrected chi connectivity index (χ1v) is 9.11. The van der Waals surface area contributed by atoms with Crippen molar-refractivity contribution in [2.45, 2.75) is 39.3 Å². The van der Waals surface area contributed by atoms with E-state index >= 15 is 0 Å². The first-order chi connectivity index (χ1) is 12.3. The molecule has 2 N–H and O–H groups in total. The average molecular weight is 358 g/mol. The normalized spacial score (nSPS) is 23.5. The number of carbonyl (C=O) groups is 2. The average Bonchev–Trinajstić information content (AvgIpc) is 3.04. The Labute approximate surface area is 153 Å². The SMILES string of the molecule is CC1CC(C(=O)O)CN(C(C)C(=O)NC(C)c2cc3ccccc3o2)C1. The van der Waals surface area contributed by atoms with E-state index in [1.807, 2.05) is 56.0 Å². The molecule has 6 heteroatoms. The Hall–Kier alpha value is -2.34. The van der Waals surface area contributed by atoms with Gasteiger partial charge in [0.1, 0.15) is 11.3 Å². The Kier molecular flexibility index (Phi) is 5.32. The first kappa shape index (κ1) is 18.5. The van der Waals surface area contributed by atoms with Gasteiger partial charge in [-0.1, -0.05) is 25.1 Å². The fraction of sp³-hybridized carbons (Fsp3) is 0.500. The van der Waals surface area contributed by atoms with Crippen molar-refractivity contribution < 1.29 is 19.1 Å². The Morgan fingerprint density at radius 2 is 2.00 bits per heavy atom. The maximum absolute atomic E-state index is 12.7. The van der Waals surface area contributed by atoms with Gasteiger partial charge < -0.3 is 14.8 Å². The van der Waals surface area contributed by atoms with Crippen molar-refractivity contribution in [1.29, 1.82) is 0 Å². The minimum atomic E-state index is -0.787. The molecule has 1 aromatic heterocycles. The van der Waals surface area contributed by atoms with E-state index in [2.05, 4.69) is 5.32 Å². The molecule has 140 valence electrons. The number of carboxylic acids is 1. The number of hydrogen-bond acceptors (Lipinski definition) is 4. The largest absolute Gasteiger partial charge is 0.481 e. The molecule has 0 bridgehead atoms. The molecule has 4 atom stereocenters. The summed E-state index contributed by atoms with van der Waals surface area (Å²) in [5.74, 6) is -0.349. The van der Waals surface area contributed by atoms with Gasteiger partial charge in [0.25, 0.3) is 0 Å². The van der Waals surface area contributed by atoms with Crippen LogP contribution in [0.2, 0.25) is 0 Å². The fourth-order valence-corrected chi connectivity index (χ4v) is 3.67. The molecule has 1 fully saturated rings. The highest BCUT2D eigenvalue weighted by Crippen LogP contribution is 2.25. The Morgan fingerprint density at radius 3 is 2.69 bits per heavy atom. The number of benzene rings is 1. The van der Waals surface area contributed by atoms with Crippen molar-refractivity contribution in [2.24, 2.45) is 11.8 Å². The molecule has 26 heavy (non-hydrogen) atoms. The van der Waals surface area contributed by atoms with Crippen LogP contribution in [0.15, 0.2) is 34.7 Å². The number of carbonyl (C=O) groups excluding carboxylic acids is 1. The van der Waals surface area contributed by atoms with Gasteiger partial charge in [-0.05, 0) is 38.3 Å². The zero-order chi connectivity index (χ0) is 18.8. The second-order valence-electron chi connectivity index (χ2n) is 7.42. The summed E-state index contributed by atoms with van der Waals surface area (Å²) in [7, 11) is 0. The van der Waals surface area contributed by atoms with Crippen LogP contribution in [0.4, 0.5) is 0 Å². The number of nitrogens with zero attached hydrogens (tertiary/aromatic N) is 1. The lowest BCUT2D eigenvalue weighted by Crippen LogP contribution is -2.52. The summed E-state index contributed by atoms with van der Waals surface area (Å²) >= 11 is 0. The number of nitrogens with one attached hydrogen (secondary N) is 1. The van der Waals surface area contributed by atoms with Gasteiger partial charge in [0.2, 0.25) is 5.91 Å². The highest BCUT2D eigenvalue weighted by atomic mass is 16.4. The zero-order valence-corrected chi connectivity index (χ0v) is 15.4. The number of amides is 1. The highest BCUT2D eigenvalue weighted by molar-refractivity contribution is 5.82. The molecule has 2 heterocycles. The van der Waals surface area contributed by atoms with Crippen LogP contribution in [0.5, 0.6) is 0 Å². The van der Waals surface area contributed by atoms with E-state index in [9.17, 15) is 14.7 Å². The molecular formula is C20H26N2O4. The monoisotopic (exact) mass is 358 g/mol. The van der Waals surface area contributed by atoms with Crippen molar-refractivity contribution in [3.05, 3.63) is 36.1 Å². The quantitative estimate of drug-likeness (QED) is 0.858. The smallest absolute Gasteiger partial charge is 0.307 e. The van der Waals surface area contributed by atoms with Crippen LogP contribution in [-0.4, -0.2) is 41.0 Å². The van der Waals surface area contributed by atoms with Gasteiger partial charge in [-0.2, -0.15) is 0 Å². The third kappa shape index (κ3) is 3.90. The molecule has 0 spiro atoms. The van der Waals surface area contributed by atoms with Crippen molar-refractivity contribution in [3.63, 3.8) is 0 Å². The molecule has 1 aliphatic heterocycles. The fourth-order valence-electron chi connectivity index (χ4n) is 3.67. The van der Waals surface area contributed by atoms with Crippen molar-refractivity contribution in [3.8, 4) is 0 Å². The summed E-state index contributed by atoms with van der Waals surface area (Å²) in [4.78, 5) is 26.0. The highest BCUT2D eigenvalue weighted by Gasteiger charge is 2.34. The second-order valence-corrected chi connectivity index (χ2v) is 7.42. The van der Waals surface area contributed by atoms with Gasteiger partial charge in [0.05, 0.1) is 18.0 Å². The molecule has 0 radical (unpaired) electrons. The van der Waals surface area contributed by atoms with Gasteiger partial charge in [-0.25, -0.2) is 0 Å². The summed E-state index contributed by atoms with van der Waals surface area (Å²) in [6.07, 6.45) is 0.662. The van der Waals surface area contributed by atoms with Crippen LogP contribution in [-0.2, 0) is 9.59 Å². The molecule has 2 aromatic rings. The Bertz CT molecular complexity index is 767. The minimum absolute atomic E-state index is 0.115. The number of likely N-dealkylation sites (tertiary alicyclic amines) is 1. The van der Waals surface area contributed by atoms with E-state index in [-0.39, 0.29) is 23.9 Å². The number of carboxylic acid groups (broad SMARTS) is 1. The zero-order valence-electron chi connectivity index (χ0n) is 15.4. The molecule has 1 aliphatic rings. The van der Waals surface area contributed by atoms with Crippen LogP contribution in [0.25, 0.3) is 11.0 Å². The number of furan rings is 1. The van der Waals surface area contributed by atoms with Crippen molar-refractivity contribution in [2.75, 3.05) is 13.1 Å². The van der Waals surface area contributed by atoms with Crippen molar-refractivity contribution in [1.82, 2.24) is 10.2 Å².